The van der Waals surface area contributed by atoms with Crippen LogP contribution in [0.1, 0.15) is 0 Å². The average Bonchev–Trinajstić information content (AvgIpc) is 3.78. The third kappa shape index (κ3) is 3.65. The first kappa shape index (κ1) is 24.6. The molecule has 0 N–H and O–H groups in total. The highest BCUT2D eigenvalue weighted by molar-refractivity contribution is 7.25. The number of furan rings is 1. The van der Waals surface area contributed by atoms with Crippen LogP contribution in [0.2, 0.25) is 0 Å². The summed E-state index contributed by atoms with van der Waals surface area (Å²) in [5.74, 6) is 0.612. The fourth-order valence-electron chi connectivity index (χ4n) is 6.76. The molecule has 10 rings (SSSR count). The highest BCUT2D eigenvalue weighted by Gasteiger charge is 2.21. The van der Waals surface area contributed by atoms with Gasteiger partial charge in [-0.2, -0.15) is 0 Å². The molecule has 6 aromatic carbocycles. The van der Waals surface area contributed by atoms with E-state index in [1.807, 2.05) is 29.5 Å². The molecule has 4 aromatic heterocycles. The fourth-order valence-corrected chi connectivity index (χ4v) is 7.85. The molecule has 0 aliphatic heterocycles. The van der Waals surface area contributed by atoms with Crippen molar-refractivity contribution in [1.82, 2.24) is 14.5 Å². The minimum Gasteiger partial charge on any atom is -0.454 e. The van der Waals surface area contributed by atoms with Crippen molar-refractivity contribution in [1.29, 1.82) is 0 Å². The van der Waals surface area contributed by atoms with Gasteiger partial charge in [-0.05, 0) is 42.5 Å². The van der Waals surface area contributed by atoms with Gasteiger partial charge in [-0.25, -0.2) is 9.97 Å². The molecule has 0 aliphatic rings. The van der Waals surface area contributed by atoms with Crippen molar-refractivity contribution in [3.05, 3.63) is 140 Å². The Morgan fingerprint density at radius 3 is 2.07 bits per heavy atom. The van der Waals surface area contributed by atoms with Crippen molar-refractivity contribution in [3.63, 3.8) is 0 Å². The van der Waals surface area contributed by atoms with Gasteiger partial charge in [-0.1, -0.05) is 97.1 Å². The van der Waals surface area contributed by atoms with Gasteiger partial charge in [0.05, 0.1) is 16.9 Å². The van der Waals surface area contributed by atoms with E-state index in [0.717, 1.165) is 66.3 Å². The minimum absolute atomic E-state index is 0.612. The molecule has 0 saturated heterocycles. The predicted octanol–water partition coefficient (Wildman–Crippen LogP) is 11.2. The van der Waals surface area contributed by atoms with E-state index in [9.17, 15) is 0 Å². The molecule has 4 nitrogen and oxygen atoms in total. The summed E-state index contributed by atoms with van der Waals surface area (Å²) in [6.07, 6.45) is 0. The summed E-state index contributed by atoms with van der Waals surface area (Å²) in [6.45, 7) is 0. The Balaban J connectivity index is 1.31. The van der Waals surface area contributed by atoms with Crippen LogP contribution in [0, 0.1) is 0 Å². The van der Waals surface area contributed by atoms with E-state index < -0.39 is 0 Å². The smallest absolute Gasteiger partial charge is 0.235 e. The molecule has 0 bridgehead atoms. The fraction of sp³-hybridized carbons (Fsp3) is 0. The normalized spacial score (nSPS) is 12.0. The average molecular weight is 594 g/mol. The SMILES string of the molecule is c1ccc(-c2cc(-c3ccc4sc5ccccc5c4c3)nc(-n3c4ccccc4c4ccc5c6ccccc6oc5c43)n2)cc1. The lowest BCUT2D eigenvalue weighted by atomic mass is 10.0. The van der Waals surface area contributed by atoms with Gasteiger partial charge in [0.1, 0.15) is 11.1 Å². The van der Waals surface area contributed by atoms with Crippen LogP contribution in [-0.4, -0.2) is 14.5 Å². The van der Waals surface area contributed by atoms with E-state index in [2.05, 4.69) is 126 Å². The number of aromatic nitrogens is 3. The van der Waals surface area contributed by atoms with Crippen molar-refractivity contribution in [2.24, 2.45) is 0 Å². The van der Waals surface area contributed by atoms with Gasteiger partial charge in [-0.3, -0.25) is 4.57 Å². The van der Waals surface area contributed by atoms with E-state index in [1.165, 1.54) is 20.2 Å². The zero-order valence-electron chi connectivity index (χ0n) is 23.9. The van der Waals surface area contributed by atoms with Crippen LogP contribution in [0.4, 0.5) is 0 Å². The number of thiophene rings is 1. The number of para-hydroxylation sites is 2. The summed E-state index contributed by atoms with van der Waals surface area (Å²) in [4.78, 5) is 10.6. The Labute approximate surface area is 261 Å². The lowest BCUT2D eigenvalue weighted by molar-refractivity contribution is 0.670. The summed E-state index contributed by atoms with van der Waals surface area (Å²) in [6, 6.07) is 48.8. The minimum atomic E-state index is 0.612. The molecule has 0 aliphatic carbocycles. The van der Waals surface area contributed by atoms with Gasteiger partial charge in [0.15, 0.2) is 5.58 Å². The molecule has 210 valence electrons. The topological polar surface area (TPSA) is 43.9 Å². The summed E-state index contributed by atoms with van der Waals surface area (Å²) in [7, 11) is 0. The first-order valence-electron chi connectivity index (χ1n) is 15.0. The van der Waals surface area contributed by atoms with Crippen LogP contribution >= 0.6 is 11.3 Å². The van der Waals surface area contributed by atoms with Crippen molar-refractivity contribution < 1.29 is 4.42 Å². The zero-order valence-corrected chi connectivity index (χ0v) is 24.8. The summed E-state index contributed by atoms with van der Waals surface area (Å²) < 4.78 is 11.3. The van der Waals surface area contributed by atoms with Crippen LogP contribution in [0.25, 0.3) is 92.4 Å². The molecule has 0 fully saturated rings. The van der Waals surface area contributed by atoms with Crippen molar-refractivity contribution >= 4 is 75.3 Å². The molecule has 0 amide bonds. The third-order valence-corrected chi connectivity index (χ3v) is 9.99. The molecule has 0 spiro atoms. The molecule has 0 unspecified atom stereocenters. The molecule has 0 radical (unpaired) electrons. The number of benzene rings is 6. The van der Waals surface area contributed by atoms with Gasteiger partial charge in [0, 0.05) is 52.8 Å². The summed E-state index contributed by atoms with van der Waals surface area (Å²) in [5.41, 5.74) is 7.56. The van der Waals surface area contributed by atoms with Crippen LogP contribution < -0.4 is 0 Å². The second kappa shape index (κ2) is 9.36. The quantitative estimate of drug-likeness (QED) is 0.205. The Morgan fingerprint density at radius 2 is 1.18 bits per heavy atom. The Kier molecular flexibility index (Phi) is 5.12. The van der Waals surface area contributed by atoms with Crippen molar-refractivity contribution in [2.45, 2.75) is 0 Å². The van der Waals surface area contributed by atoms with Crippen LogP contribution in [0.3, 0.4) is 0 Å². The summed E-state index contributed by atoms with van der Waals surface area (Å²) in [5, 5.41) is 6.94. The van der Waals surface area contributed by atoms with Crippen LogP contribution in [-0.2, 0) is 0 Å². The van der Waals surface area contributed by atoms with Gasteiger partial charge in [-0.15, -0.1) is 11.3 Å². The molecule has 5 heteroatoms. The lowest BCUT2D eigenvalue weighted by Crippen LogP contribution is -2.04. The number of fused-ring (bicyclic) bond motifs is 10. The number of nitrogens with zero attached hydrogens (tertiary/aromatic N) is 3. The highest BCUT2D eigenvalue weighted by Crippen LogP contribution is 2.41. The first-order valence-corrected chi connectivity index (χ1v) is 15.8. The molecule has 0 atom stereocenters. The number of rotatable bonds is 3. The molecule has 10 aromatic rings. The van der Waals surface area contributed by atoms with Crippen LogP contribution in [0.15, 0.2) is 144 Å². The van der Waals surface area contributed by atoms with E-state index in [0.29, 0.717) is 5.95 Å². The summed E-state index contributed by atoms with van der Waals surface area (Å²) >= 11 is 1.82. The maximum Gasteiger partial charge on any atom is 0.235 e. The first-order chi connectivity index (χ1) is 22.3. The molecule has 0 saturated carbocycles. The predicted molar refractivity (Wildman–Crippen MR) is 187 cm³/mol. The maximum absolute atomic E-state index is 6.59. The van der Waals surface area contributed by atoms with E-state index >= 15 is 0 Å². The molecule has 45 heavy (non-hydrogen) atoms. The maximum atomic E-state index is 6.59. The number of hydrogen-bond acceptors (Lipinski definition) is 4. The van der Waals surface area contributed by atoms with E-state index in [-0.39, 0.29) is 0 Å². The van der Waals surface area contributed by atoms with Gasteiger partial charge < -0.3 is 4.42 Å². The lowest BCUT2D eigenvalue weighted by Gasteiger charge is -2.12. The van der Waals surface area contributed by atoms with Crippen LogP contribution in [0.5, 0.6) is 0 Å². The van der Waals surface area contributed by atoms with Gasteiger partial charge in [0.25, 0.3) is 0 Å². The Hall–Kier alpha value is -5.78. The van der Waals surface area contributed by atoms with E-state index in [1.54, 1.807) is 0 Å². The standard InChI is InChI=1S/C40H23N3OS/c1-2-10-24(11-3-1)32-23-33(25-18-21-37-31(22-25)28-14-6-9-17-36(28)45-37)42-40(41-32)43-34-15-7-4-12-26(34)29-19-20-30-27-13-5-8-16-35(27)44-39(30)38(29)43/h1-23H. The van der Waals surface area contributed by atoms with Gasteiger partial charge in [0.2, 0.25) is 5.95 Å². The Bertz CT molecular complexity index is 2770. The number of hydrogen-bond donors (Lipinski definition) is 0. The second-order valence-electron chi connectivity index (χ2n) is 11.4. The molecular weight excluding hydrogens is 571 g/mol. The molecule has 4 heterocycles. The largest absolute Gasteiger partial charge is 0.454 e. The second-order valence-corrected chi connectivity index (χ2v) is 12.5. The molecular formula is C40H23N3OS. The van der Waals surface area contributed by atoms with Crippen molar-refractivity contribution in [3.8, 4) is 28.5 Å². The van der Waals surface area contributed by atoms with Gasteiger partial charge >= 0.3 is 0 Å². The highest BCUT2D eigenvalue weighted by atomic mass is 32.1. The monoisotopic (exact) mass is 593 g/mol. The zero-order chi connectivity index (χ0) is 29.5. The van der Waals surface area contributed by atoms with E-state index in [4.69, 9.17) is 14.4 Å². The third-order valence-electron chi connectivity index (χ3n) is 8.84. The Morgan fingerprint density at radius 1 is 0.489 bits per heavy atom. The van der Waals surface area contributed by atoms with Crippen molar-refractivity contribution in [2.75, 3.05) is 0 Å².